The Kier molecular flexibility index (Phi) is 5.20. The lowest BCUT2D eigenvalue weighted by Gasteiger charge is -2.10. The Morgan fingerprint density at radius 1 is 0.931 bits per heavy atom. The number of rotatable bonds is 5. The minimum Gasteiger partial charge on any atom is -0.439 e. The number of nitrogens with one attached hydrogen (secondary N) is 2. The third-order valence-corrected chi connectivity index (χ3v) is 4.22. The maximum absolute atomic E-state index is 12.2. The Labute approximate surface area is 168 Å². The largest absolute Gasteiger partial charge is 0.439 e. The van der Waals surface area contributed by atoms with Crippen molar-refractivity contribution >= 4 is 17.4 Å². The van der Waals surface area contributed by atoms with Gasteiger partial charge in [0, 0.05) is 29.8 Å². The molecule has 2 aromatic carbocycles. The van der Waals surface area contributed by atoms with Crippen molar-refractivity contribution in [1.82, 2.24) is 14.5 Å². The molecule has 144 valence electrons. The van der Waals surface area contributed by atoms with Crippen molar-refractivity contribution < 1.29 is 9.53 Å². The van der Waals surface area contributed by atoms with Gasteiger partial charge in [0.1, 0.15) is 17.9 Å². The molecule has 0 saturated carbocycles. The van der Waals surface area contributed by atoms with E-state index < -0.39 is 0 Å². The average molecular weight is 385 g/mol. The molecule has 0 fully saturated rings. The van der Waals surface area contributed by atoms with Gasteiger partial charge in [-0.15, -0.1) is 0 Å². The van der Waals surface area contributed by atoms with Crippen molar-refractivity contribution in [2.45, 2.75) is 6.92 Å². The number of hydrogen-bond donors (Lipinski definition) is 2. The SMILES string of the molecule is Cc1ccccc1NC(=O)Nc1ccc(Oc2cc(-n3cccc3)ncn2)cc1. The number of urea groups is 1. The molecule has 0 unspecified atom stereocenters. The first-order valence-electron chi connectivity index (χ1n) is 9.04. The molecule has 0 aliphatic rings. The van der Waals surface area contributed by atoms with E-state index >= 15 is 0 Å². The molecule has 0 aliphatic heterocycles. The van der Waals surface area contributed by atoms with E-state index in [1.807, 2.05) is 60.3 Å². The van der Waals surface area contributed by atoms with E-state index in [2.05, 4.69) is 20.6 Å². The van der Waals surface area contributed by atoms with E-state index in [0.717, 1.165) is 11.3 Å². The maximum atomic E-state index is 12.2. The van der Waals surface area contributed by atoms with Crippen LogP contribution >= 0.6 is 0 Å². The van der Waals surface area contributed by atoms with E-state index in [1.54, 1.807) is 30.3 Å². The number of nitrogens with zero attached hydrogens (tertiary/aromatic N) is 3. The minimum atomic E-state index is -0.305. The van der Waals surface area contributed by atoms with Gasteiger partial charge in [0.15, 0.2) is 0 Å². The molecule has 2 aromatic heterocycles. The van der Waals surface area contributed by atoms with Crippen LogP contribution < -0.4 is 15.4 Å². The number of ether oxygens (including phenoxy) is 1. The summed E-state index contributed by atoms with van der Waals surface area (Å²) in [4.78, 5) is 20.6. The number of para-hydroxylation sites is 1. The molecule has 4 rings (SSSR count). The Morgan fingerprint density at radius 3 is 2.45 bits per heavy atom. The molecule has 0 spiro atoms. The van der Waals surface area contributed by atoms with Gasteiger partial charge in [-0.2, -0.15) is 0 Å². The van der Waals surface area contributed by atoms with E-state index in [-0.39, 0.29) is 6.03 Å². The number of aryl methyl sites for hydroxylation is 1. The molecule has 0 atom stereocenters. The lowest BCUT2D eigenvalue weighted by molar-refractivity contribution is 0.262. The van der Waals surface area contributed by atoms with Crippen LogP contribution in [0.2, 0.25) is 0 Å². The Morgan fingerprint density at radius 2 is 1.69 bits per heavy atom. The van der Waals surface area contributed by atoms with Crippen LogP contribution in [0.5, 0.6) is 11.6 Å². The van der Waals surface area contributed by atoms with Crippen molar-refractivity contribution in [2.24, 2.45) is 0 Å². The van der Waals surface area contributed by atoms with E-state index in [4.69, 9.17) is 4.74 Å². The van der Waals surface area contributed by atoms with E-state index in [0.29, 0.717) is 23.1 Å². The number of benzene rings is 2. The number of carbonyl (C=O) groups is 1. The molecule has 29 heavy (non-hydrogen) atoms. The van der Waals surface area contributed by atoms with Crippen LogP contribution in [-0.4, -0.2) is 20.6 Å². The number of carbonyl (C=O) groups excluding carboxylic acids is 1. The Bertz CT molecular complexity index is 1110. The van der Waals surface area contributed by atoms with Gasteiger partial charge in [-0.3, -0.25) is 0 Å². The van der Waals surface area contributed by atoms with E-state index in [9.17, 15) is 4.79 Å². The van der Waals surface area contributed by atoms with E-state index in [1.165, 1.54) is 6.33 Å². The molecule has 2 heterocycles. The molecular weight excluding hydrogens is 366 g/mol. The Balaban J connectivity index is 1.39. The molecule has 7 nitrogen and oxygen atoms in total. The lowest BCUT2D eigenvalue weighted by Crippen LogP contribution is -2.19. The van der Waals surface area contributed by atoms with Gasteiger partial charge in [-0.05, 0) is 55.0 Å². The number of amides is 2. The number of hydrogen-bond acceptors (Lipinski definition) is 4. The zero-order chi connectivity index (χ0) is 20.1. The summed E-state index contributed by atoms with van der Waals surface area (Å²) in [5, 5.41) is 5.63. The van der Waals surface area contributed by atoms with Crippen LogP contribution in [0.25, 0.3) is 5.82 Å². The average Bonchev–Trinajstić information content (AvgIpc) is 3.26. The summed E-state index contributed by atoms with van der Waals surface area (Å²) in [6.07, 6.45) is 5.25. The highest BCUT2D eigenvalue weighted by Crippen LogP contribution is 2.22. The van der Waals surface area contributed by atoms with Crippen molar-refractivity contribution in [3.63, 3.8) is 0 Å². The van der Waals surface area contributed by atoms with Crippen LogP contribution in [-0.2, 0) is 0 Å². The zero-order valence-electron chi connectivity index (χ0n) is 15.7. The second-order valence-electron chi connectivity index (χ2n) is 6.33. The predicted octanol–water partition coefficient (Wildman–Crippen LogP) is 5.01. The van der Waals surface area contributed by atoms with Gasteiger partial charge in [0.05, 0.1) is 0 Å². The van der Waals surface area contributed by atoms with Gasteiger partial charge in [-0.25, -0.2) is 14.8 Å². The van der Waals surface area contributed by atoms with Crippen LogP contribution in [0, 0.1) is 6.92 Å². The van der Waals surface area contributed by atoms with Gasteiger partial charge in [0.2, 0.25) is 5.88 Å². The van der Waals surface area contributed by atoms with Crippen molar-refractivity contribution in [3.05, 3.63) is 91.0 Å². The predicted molar refractivity (Wildman–Crippen MR) is 112 cm³/mol. The third-order valence-electron chi connectivity index (χ3n) is 4.22. The number of aromatic nitrogens is 3. The second-order valence-corrected chi connectivity index (χ2v) is 6.33. The van der Waals surface area contributed by atoms with Crippen molar-refractivity contribution in [3.8, 4) is 17.4 Å². The number of anilines is 2. The fraction of sp³-hybridized carbons (Fsp3) is 0.0455. The first kappa shape index (κ1) is 18.2. The normalized spacial score (nSPS) is 10.4. The summed E-state index contributed by atoms with van der Waals surface area (Å²) in [7, 11) is 0. The molecule has 4 aromatic rings. The molecule has 0 bridgehead atoms. The highest BCUT2D eigenvalue weighted by molar-refractivity contribution is 6.00. The molecule has 0 radical (unpaired) electrons. The molecular formula is C22H19N5O2. The lowest BCUT2D eigenvalue weighted by atomic mass is 10.2. The summed E-state index contributed by atoms with van der Waals surface area (Å²) >= 11 is 0. The first-order valence-corrected chi connectivity index (χ1v) is 9.04. The van der Waals surface area contributed by atoms with Crippen molar-refractivity contribution in [1.29, 1.82) is 0 Å². The van der Waals surface area contributed by atoms with Crippen molar-refractivity contribution in [2.75, 3.05) is 10.6 Å². The highest BCUT2D eigenvalue weighted by Gasteiger charge is 2.06. The highest BCUT2D eigenvalue weighted by atomic mass is 16.5. The molecule has 7 heteroatoms. The van der Waals surface area contributed by atoms with Crippen LogP contribution in [0.3, 0.4) is 0 Å². The summed E-state index contributed by atoms with van der Waals surface area (Å²) in [5.41, 5.74) is 2.42. The molecule has 0 aliphatic carbocycles. The van der Waals surface area contributed by atoms with Gasteiger partial charge < -0.3 is 19.9 Å². The monoisotopic (exact) mass is 385 g/mol. The molecule has 2 N–H and O–H groups in total. The summed E-state index contributed by atoms with van der Waals surface area (Å²) in [6.45, 7) is 1.94. The molecule has 0 saturated heterocycles. The van der Waals surface area contributed by atoms with Gasteiger partial charge >= 0.3 is 6.03 Å². The topological polar surface area (TPSA) is 81.1 Å². The molecule has 2 amide bonds. The van der Waals surface area contributed by atoms with Gasteiger partial charge in [0.25, 0.3) is 0 Å². The Hall–Kier alpha value is -4.13. The van der Waals surface area contributed by atoms with Crippen LogP contribution in [0.1, 0.15) is 5.56 Å². The smallest absolute Gasteiger partial charge is 0.323 e. The quantitative estimate of drug-likeness (QED) is 0.506. The zero-order valence-corrected chi connectivity index (χ0v) is 15.7. The van der Waals surface area contributed by atoms with Crippen LogP contribution in [0.15, 0.2) is 85.5 Å². The van der Waals surface area contributed by atoms with Crippen LogP contribution in [0.4, 0.5) is 16.2 Å². The standard InChI is InChI=1S/C22H19N5O2/c1-16-6-2-3-7-19(16)26-22(28)25-17-8-10-18(11-9-17)29-21-14-20(23-15-24-21)27-12-4-5-13-27/h2-15H,1H3,(H2,25,26,28). The first-order chi connectivity index (χ1) is 14.2. The maximum Gasteiger partial charge on any atom is 0.323 e. The third kappa shape index (κ3) is 4.59. The summed E-state index contributed by atoms with van der Waals surface area (Å²) < 4.78 is 7.67. The fourth-order valence-corrected chi connectivity index (χ4v) is 2.74. The second kappa shape index (κ2) is 8.26. The fourth-order valence-electron chi connectivity index (χ4n) is 2.74. The summed E-state index contributed by atoms with van der Waals surface area (Å²) in [5.74, 6) is 1.75. The minimum absolute atomic E-state index is 0.305. The van der Waals surface area contributed by atoms with Gasteiger partial charge in [-0.1, -0.05) is 18.2 Å². The summed E-state index contributed by atoms with van der Waals surface area (Å²) in [6, 6.07) is 19.9.